The van der Waals surface area contributed by atoms with E-state index in [-0.39, 0.29) is 0 Å². The lowest BCUT2D eigenvalue weighted by Crippen LogP contribution is -2.35. The second-order valence-corrected chi connectivity index (χ2v) is 7.72. The van der Waals surface area contributed by atoms with Gasteiger partial charge in [-0.25, -0.2) is 0 Å². The average Bonchev–Trinajstić information content (AvgIpc) is 2.73. The summed E-state index contributed by atoms with van der Waals surface area (Å²) in [6, 6.07) is 22.2. The topological polar surface area (TPSA) is 53.3 Å². The van der Waals surface area contributed by atoms with E-state index in [1.165, 1.54) is 33.0 Å². The summed E-state index contributed by atoms with van der Waals surface area (Å²) in [6.07, 6.45) is 3.90. The van der Waals surface area contributed by atoms with Crippen LogP contribution in [0.3, 0.4) is 0 Å². The highest BCUT2D eigenvalue weighted by Gasteiger charge is 2.25. The first-order valence-corrected chi connectivity index (χ1v) is 9.67. The maximum atomic E-state index is 5.76. The molecule has 0 saturated heterocycles. The molecule has 1 atom stereocenters. The molecule has 4 heteroatoms. The van der Waals surface area contributed by atoms with E-state index < -0.39 is 0 Å². The van der Waals surface area contributed by atoms with Gasteiger partial charge in [-0.05, 0) is 58.3 Å². The predicted molar refractivity (Wildman–Crippen MR) is 115 cm³/mol. The largest absolute Gasteiger partial charge is 0.384 e. The van der Waals surface area contributed by atoms with Gasteiger partial charge in [0, 0.05) is 19.0 Å². The van der Waals surface area contributed by atoms with E-state index in [0.717, 1.165) is 18.8 Å². The SMILES string of the molecule is CN1Cc2cc(C3=CC=C(N)NN3)ccc2[C@H](c2ccc3ccccc3c2)C1. The Balaban J connectivity index is 1.55. The Hall–Kier alpha value is -3.24. The Morgan fingerprint density at radius 3 is 2.61 bits per heavy atom. The summed E-state index contributed by atoms with van der Waals surface area (Å²) in [5, 5.41) is 2.60. The standard InChI is InChI=1S/C24H24N4/c1-28-14-20-13-19(23-10-11-24(25)27-26-23)8-9-21(20)22(15-28)18-7-6-16-4-2-3-5-17(16)12-18/h2-13,22,26-27H,14-15,25H2,1H3/t22-/m0/s1. The maximum absolute atomic E-state index is 5.76. The monoisotopic (exact) mass is 368 g/mol. The molecule has 0 radical (unpaired) electrons. The third-order valence-corrected chi connectivity index (χ3v) is 5.71. The zero-order valence-electron chi connectivity index (χ0n) is 15.9. The summed E-state index contributed by atoms with van der Waals surface area (Å²) in [5.74, 6) is 1.01. The molecule has 0 amide bonds. The van der Waals surface area contributed by atoms with Crippen LogP contribution in [-0.4, -0.2) is 18.5 Å². The number of allylic oxidation sites excluding steroid dienone is 2. The molecule has 2 aliphatic rings. The molecule has 3 aromatic carbocycles. The number of hydrogen-bond acceptors (Lipinski definition) is 4. The van der Waals surface area contributed by atoms with Gasteiger partial charge in [-0.3, -0.25) is 10.9 Å². The molecule has 0 fully saturated rings. The molecule has 140 valence electrons. The van der Waals surface area contributed by atoms with Gasteiger partial charge in [-0.2, -0.15) is 0 Å². The molecule has 0 unspecified atom stereocenters. The van der Waals surface area contributed by atoms with Crippen LogP contribution in [0.4, 0.5) is 0 Å². The van der Waals surface area contributed by atoms with Crippen molar-refractivity contribution in [3.63, 3.8) is 0 Å². The van der Waals surface area contributed by atoms with Gasteiger partial charge < -0.3 is 10.6 Å². The molecule has 0 spiro atoms. The van der Waals surface area contributed by atoms with E-state index in [1.54, 1.807) is 0 Å². The van der Waals surface area contributed by atoms with Crippen LogP contribution < -0.4 is 16.6 Å². The fraction of sp³-hybridized carbons (Fsp3) is 0.167. The van der Waals surface area contributed by atoms with Gasteiger partial charge in [0.25, 0.3) is 0 Å². The molecule has 0 saturated carbocycles. The van der Waals surface area contributed by atoms with Crippen molar-refractivity contribution in [3.05, 3.63) is 101 Å². The quantitative estimate of drug-likeness (QED) is 0.646. The van der Waals surface area contributed by atoms with Crippen molar-refractivity contribution in [2.24, 2.45) is 5.73 Å². The van der Waals surface area contributed by atoms with Crippen LogP contribution in [0.2, 0.25) is 0 Å². The van der Waals surface area contributed by atoms with Gasteiger partial charge in [-0.15, -0.1) is 0 Å². The van der Waals surface area contributed by atoms with Crippen molar-refractivity contribution in [2.45, 2.75) is 12.5 Å². The maximum Gasteiger partial charge on any atom is 0.115 e. The number of nitrogens with zero attached hydrogens (tertiary/aromatic N) is 1. The van der Waals surface area contributed by atoms with Crippen LogP contribution in [0, 0.1) is 0 Å². The number of fused-ring (bicyclic) bond motifs is 2. The molecule has 4 N–H and O–H groups in total. The van der Waals surface area contributed by atoms with Crippen molar-refractivity contribution >= 4 is 16.5 Å². The zero-order chi connectivity index (χ0) is 19.1. The molecule has 0 aliphatic carbocycles. The van der Waals surface area contributed by atoms with Gasteiger partial charge in [0.1, 0.15) is 5.82 Å². The summed E-state index contributed by atoms with van der Waals surface area (Å²) in [6.45, 7) is 2.00. The Labute approximate surface area is 165 Å². The normalized spacial score (nSPS) is 19.2. The second kappa shape index (κ2) is 6.73. The van der Waals surface area contributed by atoms with E-state index in [0.29, 0.717) is 11.7 Å². The Morgan fingerprint density at radius 1 is 0.929 bits per heavy atom. The van der Waals surface area contributed by atoms with Gasteiger partial charge in [0.05, 0.1) is 5.70 Å². The van der Waals surface area contributed by atoms with Crippen LogP contribution in [-0.2, 0) is 6.54 Å². The Kier molecular flexibility index (Phi) is 4.06. The molecule has 5 rings (SSSR count). The van der Waals surface area contributed by atoms with E-state index in [9.17, 15) is 0 Å². The van der Waals surface area contributed by atoms with Crippen LogP contribution in [0.1, 0.15) is 28.2 Å². The minimum absolute atomic E-state index is 0.384. The molecule has 4 nitrogen and oxygen atoms in total. The molecule has 3 aromatic rings. The van der Waals surface area contributed by atoms with E-state index in [1.807, 2.05) is 12.2 Å². The van der Waals surface area contributed by atoms with E-state index in [2.05, 4.69) is 83.5 Å². The highest BCUT2D eigenvalue weighted by atomic mass is 15.4. The Morgan fingerprint density at radius 2 is 1.79 bits per heavy atom. The predicted octanol–water partition coefficient (Wildman–Crippen LogP) is 3.67. The first kappa shape index (κ1) is 16.9. The highest BCUT2D eigenvalue weighted by Crippen LogP contribution is 2.35. The number of benzene rings is 3. The van der Waals surface area contributed by atoms with Gasteiger partial charge in [-0.1, -0.05) is 54.6 Å². The second-order valence-electron chi connectivity index (χ2n) is 7.72. The summed E-state index contributed by atoms with van der Waals surface area (Å²) < 4.78 is 0. The minimum atomic E-state index is 0.384. The molecule has 2 heterocycles. The first-order valence-electron chi connectivity index (χ1n) is 9.67. The minimum Gasteiger partial charge on any atom is -0.384 e. The molecule has 0 bridgehead atoms. The lowest BCUT2D eigenvalue weighted by molar-refractivity contribution is 0.295. The number of nitrogens with one attached hydrogen (secondary N) is 2. The fourth-order valence-corrected chi connectivity index (χ4v) is 4.29. The lowest BCUT2D eigenvalue weighted by Gasteiger charge is -2.33. The van der Waals surface area contributed by atoms with E-state index >= 15 is 0 Å². The van der Waals surface area contributed by atoms with Crippen molar-refractivity contribution in [1.29, 1.82) is 0 Å². The molecule has 2 aliphatic heterocycles. The summed E-state index contributed by atoms with van der Waals surface area (Å²) >= 11 is 0. The molecule has 0 aromatic heterocycles. The van der Waals surface area contributed by atoms with Gasteiger partial charge in [0.2, 0.25) is 0 Å². The fourth-order valence-electron chi connectivity index (χ4n) is 4.29. The van der Waals surface area contributed by atoms with Crippen LogP contribution >= 0.6 is 0 Å². The van der Waals surface area contributed by atoms with Crippen molar-refractivity contribution in [1.82, 2.24) is 15.8 Å². The molecule has 28 heavy (non-hydrogen) atoms. The van der Waals surface area contributed by atoms with Crippen molar-refractivity contribution < 1.29 is 0 Å². The molecular weight excluding hydrogens is 344 g/mol. The number of likely N-dealkylation sites (N-methyl/N-ethyl adjacent to an activating group) is 1. The zero-order valence-corrected chi connectivity index (χ0v) is 15.9. The highest BCUT2D eigenvalue weighted by molar-refractivity contribution is 5.83. The lowest BCUT2D eigenvalue weighted by atomic mass is 9.83. The Bertz CT molecular complexity index is 1110. The smallest absolute Gasteiger partial charge is 0.115 e. The van der Waals surface area contributed by atoms with Crippen LogP contribution in [0.5, 0.6) is 0 Å². The molecular formula is C24H24N4. The van der Waals surface area contributed by atoms with E-state index in [4.69, 9.17) is 5.73 Å². The number of rotatable bonds is 2. The van der Waals surface area contributed by atoms with Crippen LogP contribution in [0.15, 0.2) is 78.6 Å². The summed E-state index contributed by atoms with van der Waals surface area (Å²) in [5.41, 5.74) is 18.3. The number of nitrogens with two attached hydrogens (primary N) is 1. The van der Waals surface area contributed by atoms with Crippen LogP contribution in [0.25, 0.3) is 16.5 Å². The summed E-state index contributed by atoms with van der Waals surface area (Å²) in [4.78, 5) is 2.41. The van der Waals surface area contributed by atoms with Crippen molar-refractivity contribution in [2.75, 3.05) is 13.6 Å². The average molecular weight is 368 g/mol. The van der Waals surface area contributed by atoms with Gasteiger partial charge in [0.15, 0.2) is 0 Å². The van der Waals surface area contributed by atoms with Crippen molar-refractivity contribution in [3.8, 4) is 0 Å². The third-order valence-electron chi connectivity index (χ3n) is 5.71. The summed E-state index contributed by atoms with van der Waals surface area (Å²) in [7, 11) is 2.20. The number of hydrogen-bond donors (Lipinski definition) is 3. The third kappa shape index (κ3) is 3.02. The number of hydrazine groups is 1. The van der Waals surface area contributed by atoms with Gasteiger partial charge >= 0.3 is 0 Å². The first-order chi connectivity index (χ1) is 13.7.